The first-order valence-corrected chi connectivity index (χ1v) is 7.11. The van der Waals surface area contributed by atoms with E-state index in [9.17, 15) is 4.79 Å². The molecule has 1 aliphatic heterocycles. The van der Waals surface area contributed by atoms with Crippen molar-refractivity contribution < 1.29 is 9.90 Å². The van der Waals surface area contributed by atoms with E-state index >= 15 is 0 Å². The number of hydrogen-bond donors (Lipinski definition) is 1. The van der Waals surface area contributed by atoms with Gasteiger partial charge in [-0.3, -0.25) is 14.2 Å². The van der Waals surface area contributed by atoms with Gasteiger partial charge in [-0.1, -0.05) is 0 Å². The van der Waals surface area contributed by atoms with Gasteiger partial charge in [0.05, 0.1) is 0 Å². The lowest BCUT2D eigenvalue weighted by atomic mass is 10.1. The molecule has 1 unspecified atom stereocenters. The molecule has 118 valence electrons. The molecule has 0 radical (unpaired) electrons. The van der Waals surface area contributed by atoms with Crippen LogP contribution in [0.3, 0.4) is 0 Å². The van der Waals surface area contributed by atoms with Crippen molar-refractivity contribution in [2.45, 2.75) is 31.8 Å². The Balaban J connectivity index is 0.000000545. The van der Waals surface area contributed by atoms with Crippen LogP contribution in [0.5, 0.6) is 0 Å². The molecule has 3 heterocycles. The summed E-state index contributed by atoms with van der Waals surface area (Å²) in [5.41, 5.74) is 0.672. The minimum atomic E-state index is -0.250. The number of rotatable bonds is 3. The van der Waals surface area contributed by atoms with Crippen LogP contribution in [0.2, 0.25) is 0 Å². The van der Waals surface area contributed by atoms with Gasteiger partial charge in [0, 0.05) is 25.0 Å². The van der Waals surface area contributed by atoms with Crippen LogP contribution in [-0.2, 0) is 11.3 Å². The molecule has 2 aromatic heterocycles. The van der Waals surface area contributed by atoms with Crippen LogP contribution in [0.25, 0.3) is 11.2 Å². The predicted molar refractivity (Wildman–Crippen MR) is 80.6 cm³/mol. The first kappa shape index (κ1) is 16.0. The monoisotopic (exact) mass is 305 g/mol. The zero-order chi connectivity index (χ0) is 15.9. The van der Waals surface area contributed by atoms with Crippen molar-refractivity contribution in [3.8, 4) is 0 Å². The summed E-state index contributed by atoms with van der Waals surface area (Å²) < 4.78 is 1.64. The van der Waals surface area contributed by atoms with Crippen LogP contribution in [0.1, 0.15) is 19.3 Å². The van der Waals surface area contributed by atoms with Crippen LogP contribution in [0.15, 0.2) is 23.5 Å². The SMILES string of the molecule is CN1CCCC1CCn1cnc2nccnc2c1=O.O=CO. The number of likely N-dealkylation sites (tertiary alicyclic amines) is 1. The van der Waals surface area contributed by atoms with Crippen molar-refractivity contribution in [1.29, 1.82) is 0 Å². The van der Waals surface area contributed by atoms with E-state index in [0.717, 1.165) is 13.0 Å². The van der Waals surface area contributed by atoms with Crippen molar-refractivity contribution in [3.05, 3.63) is 29.1 Å². The van der Waals surface area contributed by atoms with Gasteiger partial charge in [0.1, 0.15) is 6.33 Å². The van der Waals surface area contributed by atoms with Gasteiger partial charge in [-0.2, -0.15) is 0 Å². The van der Waals surface area contributed by atoms with E-state index in [4.69, 9.17) is 9.90 Å². The van der Waals surface area contributed by atoms with E-state index in [1.54, 1.807) is 17.1 Å². The van der Waals surface area contributed by atoms with Crippen LogP contribution < -0.4 is 5.56 Å². The zero-order valence-corrected chi connectivity index (χ0v) is 12.4. The molecule has 8 nitrogen and oxygen atoms in total. The van der Waals surface area contributed by atoms with Gasteiger partial charge in [-0.05, 0) is 32.9 Å². The molecule has 2 aromatic rings. The average Bonchev–Trinajstić information content (AvgIpc) is 2.93. The molecule has 1 saturated heterocycles. The first-order valence-electron chi connectivity index (χ1n) is 7.11. The van der Waals surface area contributed by atoms with Gasteiger partial charge in [0.25, 0.3) is 12.0 Å². The summed E-state index contributed by atoms with van der Waals surface area (Å²) in [6.45, 7) is 1.59. The number of carbonyl (C=O) groups is 1. The van der Waals surface area contributed by atoms with E-state index in [2.05, 4.69) is 26.9 Å². The third-order valence-electron chi connectivity index (χ3n) is 3.84. The van der Waals surface area contributed by atoms with Crippen LogP contribution >= 0.6 is 0 Å². The molecule has 1 N–H and O–H groups in total. The van der Waals surface area contributed by atoms with Crippen molar-refractivity contribution in [3.63, 3.8) is 0 Å². The molecule has 3 rings (SSSR count). The quantitative estimate of drug-likeness (QED) is 0.817. The normalized spacial score (nSPS) is 18.0. The first-order chi connectivity index (χ1) is 10.7. The number of aryl methyl sites for hydroxylation is 1. The number of aromatic nitrogens is 4. The molecule has 0 spiro atoms. The summed E-state index contributed by atoms with van der Waals surface area (Å²) in [7, 11) is 2.14. The minimum Gasteiger partial charge on any atom is -0.483 e. The molecule has 0 aliphatic carbocycles. The average molecular weight is 305 g/mol. The van der Waals surface area contributed by atoms with Gasteiger partial charge < -0.3 is 10.0 Å². The standard InChI is InChI=1S/C13H17N5O.CH2O2/c1-17-7-2-3-10(17)4-8-18-9-16-12-11(13(18)19)14-5-6-15-12;2-1-3/h5-6,9-10H,2-4,7-8H2,1H3;1H,(H,2,3). The molecule has 0 saturated carbocycles. The highest BCUT2D eigenvalue weighted by Crippen LogP contribution is 2.18. The third kappa shape index (κ3) is 3.64. The fourth-order valence-corrected chi connectivity index (χ4v) is 2.68. The van der Waals surface area contributed by atoms with E-state index in [1.807, 2.05) is 0 Å². The van der Waals surface area contributed by atoms with Crippen LogP contribution in [0.4, 0.5) is 0 Å². The topological polar surface area (TPSA) is 101 Å². The number of fused-ring (bicyclic) bond motifs is 1. The maximum atomic E-state index is 12.2. The smallest absolute Gasteiger partial charge is 0.290 e. The molecule has 1 atom stereocenters. The van der Waals surface area contributed by atoms with Gasteiger partial charge >= 0.3 is 0 Å². The second kappa shape index (κ2) is 7.60. The maximum absolute atomic E-state index is 12.2. The largest absolute Gasteiger partial charge is 0.483 e. The summed E-state index contributed by atoms with van der Waals surface area (Å²) in [5.74, 6) is 0. The summed E-state index contributed by atoms with van der Waals surface area (Å²) in [6.07, 6.45) is 8.09. The van der Waals surface area contributed by atoms with Crippen molar-refractivity contribution in [1.82, 2.24) is 24.4 Å². The highest BCUT2D eigenvalue weighted by Gasteiger charge is 2.20. The van der Waals surface area contributed by atoms with Crippen molar-refractivity contribution in [2.24, 2.45) is 0 Å². The molecule has 1 aliphatic rings. The minimum absolute atomic E-state index is 0.0984. The molecular weight excluding hydrogens is 286 g/mol. The van der Waals surface area contributed by atoms with Gasteiger partial charge in [0.2, 0.25) is 0 Å². The maximum Gasteiger partial charge on any atom is 0.290 e. The Morgan fingerprint density at radius 1 is 1.36 bits per heavy atom. The predicted octanol–water partition coefficient (Wildman–Crippen LogP) is 0.372. The second-order valence-electron chi connectivity index (χ2n) is 5.14. The summed E-state index contributed by atoms with van der Waals surface area (Å²) >= 11 is 0. The summed E-state index contributed by atoms with van der Waals surface area (Å²) in [4.78, 5) is 35.2. The van der Waals surface area contributed by atoms with E-state index in [0.29, 0.717) is 23.8 Å². The number of nitrogens with zero attached hydrogens (tertiary/aromatic N) is 5. The van der Waals surface area contributed by atoms with Gasteiger partial charge in [-0.15, -0.1) is 0 Å². The fraction of sp³-hybridized carbons (Fsp3) is 0.500. The number of carboxylic acid groups (broad SMARTS) is 1. The molecule has 0 aromatic carbocycles. The number of hydrogen-bond acceptors (Lipinski definition) is 6. The Bertz CT molecular complexity index is 687. The Kier molecular flexibility index (Phi) is 5.54. The Hall–Kier alpha value is -2.35. The zero-order valence-electron chi connectivity index (χ0n) is 12.4. The summed E-state index contributed by atoms with van der Waals surface area (Å²) in [6, 6.07) is 0.574. The highest BCUT2D eigenvalue weighted by atomic mass is 16.3. The van der Waals surface area contributed by atoms with Crippen LogP contribution in [0, 0.1) is 0 Å². The van der Waals surface area contributed by atoms with Gasteiger partial charge in [0.15, 0.2) is 11.2 Å². The fourth-order valence-electron chi connectivity index (χ4n) is 2.68. The lowest BCUT2D eigenvalue weighted by Crippen LogP contribution is -2.29. The summed E-state index contributed by atoms with van der Waals surface area (Å²) in [5, 5.41) is 6.89. The lowest BCUT2D eigenvalue weighted by Gasteiger charge is -2.19. The molecule has 0 amide bonds. The molecule has 1 fully saturated rings. The molecule has 0 bridgehead atoms. The molecular formula is C14H19N5O3. The van der Waals surface area contributed by atoms with E-state index < -0.39 is 0 Å². The van der Waals surface area contributed by atoms with Crippen molar-refractivity contribution in [2.75, 3.05) is 13.6 Å². The molecule has 8 heteroatoms. The highest BCUT2D eigenvalue weighted by molar-refractivity contribution is 5.66. The van der Waals surface area contributed by atoms with E-state index in [1.165, 1.54) is 19.0 Å². The lowest BCUT2D eigenvalue weighted by molar-refractivity contribution is -0.122. The Morgan fingerprint density at radius 3 is 2.77 bits per heavy atom. The Labute approximate surface area is 127 Å². The Morgan fingerprint density at radius 2 is 2.09 bits per heavy atom. The van der Waals surface area contributed by atoms with Gasteiger partial charge in [-0.25, -0.2) is 15.0 Å². The second-order valence-corrected chi connectivity index (χ2v) is 5.14. The van der Waals surface area contributed by atoms with E-state index in [-0.39, 0.29) is 12.0 Å². The van der Waals surface area contributed by atoms with Crippen molar-refractivity contribution >= 4 is 17.6 Å². The third-order valence-corrected chi connectivity index (χ3v) is 3.84. The van der Waals surface area contributed by atoms with Crippen LogP contribution in [-0.4, -0.2) is 55.6 Å². The molecule has 22 heavy (non-hydrogen) atoms.